The highest BCUT2D eigenvalue weighted by molar-refractivity contribution is 7.66. The van der Waals surface area contributed by atoms with Crippen LogP contribution in [0.15, 0.2) is 36.7 Å². The number of pyridine rings is 1. The lowest BCUT2D eigenvalue weighted by Crippen LogP contribution is -2.24. The smallest absolute Gasteiger partial charge is 0.394 e. The molecule has 15 nitrogen and oxygen atoms in total. The Balaban J connectivity index is 1.55. The van der Waals surface area contributed by atoms with Gasteiger partial charge in [0.25, 0.3) is 0 Å². The van der Waals surface area contributed by atoms with Gasteiger partial charge in [0.2, 0.25) is 0 Å². The first-order valence-electron chi connectivity index (χ1n) is 9.60. The van der Waals surface area contributed by atoms with Gasteiger partial charge in [-0.1, -0.05) is 11.3 Å². The van der Waals surface area contributed by atoms with Crippen LogP contribution in [0.4, 0.5) is 0 Å². The zero-order chi connectivity index (χ0) is 25.6. The molecule has 0 amide bonds. The number of hydrogen-bond acceptors (Lipinski definition) is 11. The normalized spacial score (nSPS) is 24.3. The molecule has 0 spiro atoms. The number of phosphoric acid groups is 3. The van der Waals surface area contributed by atoms with Crippen LogP contribution in [-0.4, -0.2) is 58.2 Å². The number of hydrogen-bond donors (Lipinski definition) is 6. The lowest BCUT2D eigenvalue weighted by atomic mass is 10.1. The van der Waals surface area contributed by atoms with Gasteiger partial charge in [-0.2, -0.15) is 8.62 Å². The molecule has 1 saturated heterocycles. The molecule has 35 heavy (non-hydrogen) atoms. The maximum Gasteiger partial charge on any atom is 0.537 e. The summed E-state index contributed by atoms with van der Waals surface area (Å²) in [5, 5.41) is 19.8. The summed E-state index contributed by atoms with van der Waals surface area (Å²) in [5.41, 5.74) is 1.17. The quantitative estimate of drug-likeness (QED) is 0.202. The van der Waals surface area contributed by atoms with Crippen molar-refractivity contribution in [2.45, 2.75) is 24.9 Å². The molecule has 2 unspecified atom stereocenters. The van der Waals surface area contributed by atoms with Crippen LogP contribution < -0.4 is 4.52 Å². The number of aliphatic hydroxyl groups excluding tert-OH is 2. The summed E-state index contributed by atoms with van der Waals surface area (Å²) >= 11 is 0.871. The SMILES string of the molecule is O=P(O)(O)OP(=O)(O)OP(=O)(O)Oc1ccc(-c2ccnc3c2ccn3[C@H]2C[C@H](O)[C@@H](CO)O2)s1. The average Bonchev–Trinajstić information content (AvgIpc) is 3.42. The topological polar surface area (TPSA) is 227 Å². The van der Waals surface area contributed by atoms with E-state index in [2.05, 4.69) is 13.6 Å². The predicted octanol–water partition coefficient (Wildman–Crippen LogP) is 2.11. The highest BCUT2D eigenvalue weighted by atomic mass is 32.1. The number of thiophene rings is 1. The summed E-state index contributed by atoms with van der Waals surface area (Å²) in [7, 11) is -16.4. The molecule has 1 aliphatic heterocycles. The molecule has 3 aromatic rings. The number of nitrogens with zero attached hydrogens (tertiary/aromatic N) is 2. The van der Waals surface area contributed by atoms with Crippen LogP contribution in [0, 0.1) is 0 Å². The van der Waals surface area contributed by atoms with Crippen molar-refractivity contribution in [1.82, 2.24) is 9.55 Å². The van der Waals surface area contributed by atoms with E-state index in [9.17, 15) is 33.7 Å². The minimum atomic E-state index is -5.63. The van der Waals surface area contributed by atoms with Crippen molar-refractivity contribution in [1.29, 1.82) is 0 Å². The molecule has 1 aliphatic rings. The Labute approximate surface area is 200 Å². The van der Waals surface area contributed by atoms with Gasteiger partial charge >= 0.3 is 23.5 Å². The van der Waals surface area contributed by atoms with E-state index in [-0.39, 0.29) is 18.1 Å². The van der Waals surface area contributed by atoms with E-state index in [1.54, 1.807) is 22.9 Å². The molecular formula is C16H19N2O13P3S. The highest BCUT2D eigenvalue weighted by Crippen LogP contribution is 2.66. The Morgan fingerprint density at radius 1 is 1.09 bits per heavy atom. The molecule has 0 bridgehead atoms. The van der Waals surface area contributed by atoms with Crippen molar-refractivity contribution in [2.75, 3.05) is 6.61 Å². The van der Waals surface area contributed by atoms with E-state index in [4.69, 9.17) is 19.0 Å². The average molecular weight is 572 g/mol. The maximum absolute atomic E-state index is 12.1. The molecule has 4 heterocycles. The third-order valence-electron chi connectivity index (χ3n) is 4.78. The third kappa shape index (κ3) is 6.27. The van der Waals surface area contributed by atoms with E-state index >= 15 is 0 Å². The van der Waals surface area contributed by atoms with Gasteiger partial charge in [-0.25, -0.2) is 18.7 Å². The van der Waals surface area contributed by atoms with Gasteiger partial charge in [-0.05, 0) is 24.3 Å². The summed E-state index contributed by atoms with van der Waals surface area (Å²) < 4.78 is 53.8. The third-order valence-corrected chi connectivity index (χ3v) is 9.65. The first-order valence-corrected chi connectivity index (χ1v) is 14.9. The van der Waals surface area contributed by atoms with Crippen molar-refractivity contribution in [3.63, 3.8) is 0 Å². The molecule has 5 atom stereocenters. The molecule has 1 fully saturated rings. The molecule has 0 aliphatic carbocycles. The van der Waals surface area contributed by atoms with E-state index in [0.717, 1.165) is 11.3 Å². The number of fused-ring (bicyclic) bond motifs is 1. The minimum Gasteiger partial charge on any atom is -0.394 e. The summed E-state index contributed by atoms with van der Waals surface area (Å²) in [6.45, 7) is -0.330. The summed E-state index contributed by atoms with van der Waals surface area (Å²) in [6, 6.07) is 6.24. The molecule has 4 rings (SSSR count). The molecule has 6 N–H and O–H groups in total. The predicted molar refractivity (Wildman–Crippen MR) is 119 cm³/mol. The van der Waals surface area contributed by atoms with Crippen molar-refractivity contribution in [2.24, 2.45) is 0 Å². The van der Waals surface area contributed by atoms with E-state index in [1.165, 1.54) is 18.3 Å². The van der Waals surface area contributed by atoms with Crippen LogP contribution in [0.3, 0.4) is 0 Å². The number of rotatable bonds is 9. The van der Waals surface area contributed by atoms with Gasteiger partial charge in [0.15, 0.2) is 5.06 Å². The van der Waals surface area contributed by atoms with Gasteiger partial charge in [0.1, 0.15) is 18.0 Å². The molecular weight excluding hydrogens is 553 g/mol. The zero-order valence-corrected chi connectivity index (χ0v) is 20.8. The highest BCUT2D eigenvalue weighted by Gasteiger charge is 2.42. The Kier molecular flexibility index (Phi) is 7.42. The fourth-order valence-corrected chi connectivity index (χ4v) is 7.62. The Hall–Kier alpha value is -1.48. The minimum absolute atomic E-state index is 0.209. The van der Waals surface area contributed by atoms with Gasteiger partial charge in [-0.15, -0.1) is 0 Å². The summed E-state index contributed by atoms with van der Waals surface area (Å²) in [4.78, 5) is 41.1. The second-order valence-corrected chi connectivity index (χ2v) is 12.6. The van der Waals surface area contributed by atoms with Crippen LogP contribution >= 0.6 is 34.8 Å². The Bertz CT molecular complexity index is 1370. The fraction of sp³-hybridized carbons (Fsp3) is 0.312. The lowest BCUT2D eigenvalue weighted by molar-refractivity contribution is -0.0430. The van der Waals surface area contributed by atoms with Crippen LogP contribution in [0.2, 0.25) is 0 Å². The molecule has 0 saturated carbocycles. The van der Waals surface area contributed by atoms with E-state index < -0.39 is 41.9 Å². The van der Waals surface area contributed by atoms with E-state index in [0.29, 0.717) is 21.5 Å². The van der Waals surface area contributed by atoms with Gasteiger partial charge in [0.05, 0.1) is 12.7 Å². The van der Waals surface area contributed by atoms with Crippen LogP contribution in [0.5, 0.6) is 5.06 Å². The number of phosphoric ester groups is 1. The standard InChI is InChI=1S/C16H19N2O13P3S/c19-8-12-11(20)7-14(28-12)18-6-4-10-9(3-5-17-16(10)18)13-1-2-15(35-13)29-33(24,25)31-34(26,27)30-32(21,22)23/h1-6,11-12,14,19-20H,7-8H2,(H,24,25)(H,26,27)(H2,21,22,23)/t11-,12+,14+/m0/s1. The Morgan fingerprint density at radius 3 is 2.49 bits per heavy atom. The van der Waals surface area contributed by atoms with Crippen LogP contribution in [0.1, 0.15) is 12.6 Å². The monoisotopic (exact) mass is 572 g/mol. The van der Waals surface area contributed by atoms with Gasteiger partial charge in [-0.3, -0.25) is 4.89 Å². The molecule has 19 heteroatoms. The maximum atomic E-state index is 12.1. The van der Waals surface area contributed by atoms with Crippen molar-refractivity contribution < 1.29 is 61.4 Å². The second-order valence-electron chi connectivity index (χ2n) is 7.23. The molecule has 0 aromatic carbocycles. The van der Waals surface area contributed by atoms with Gasteiger partial charge in [0, 0.05) is 34.6 Å². The van der Waals surface area contributed by atoms with Crippen molar-refractivity contribution >= 4 is 45.8 Å². The van der Waals surface area contributed by atoms with Crippen LogP contribution in [0.25, 0.3) is 21.5 Å². The Morgan fingerprint density at radius 2 is 1.83 bits per heavy atom. The molecule has 0 radical (unpaired) electrons. The van der Waals surface area contributed by atoms with E-state index in [1.807, 2.05) is 0 Å². The van der Waals surface area contributed by atoms with Crippen LogP contribution in [-0.2, 0) is 27.1 Å². The van der Waals surface area contributed by atoms with Crippen molar-refractivity contribution in [3.8, 4) is 15.5 Å². The fourth-order valence-electron chi connectivity index (χ4n) is 3.48. The largest absolute Gasteiger partial charge is 0.537 e. The lowest BCUT2D eigenvalue weighted by Gasteiger charge is -2.15. The van der Waals surface area contributed by atoms with Gasteiger partial charge < -0.3 is 38.7 Å². The first kappa shape index (κ1) is 26.6. The summed E-state index contributed by atoms with van der Waals surface area (Å²) in [5.74, 6) is 0. The zero-order valence-electron chi connectivity index (χ0n) is 17.3. The second kappa shape index (κ2) is 9.77. The number of aliphatic hydroxyl groups is 2. The summed E-state index contributed by atoms with van der Waals surface area (Å²) in [6.07, 6.45) is 1.38. The molecule has 192 valence electrons. The number of ether oxygens (including phenoxy) is 1. The molecule has 3 aromatic heterocycles. The first-order chi connectivity index (χ1) is 16.3. The number of aromatic nitrogens is 2. The van der Waals surface area contributed by atoms with Crippen molar-refractivity contribution in [3.05, 3.63) is 36.7 Å².